The number of amides is 1. The number of carbonyl (C=O) groups excluding carboxylic acids is 1. The molecule has 0 atom stereocenters. The molecule has 2 aromatic carbocycles. The standard InChI is InChI=1S/C19H23ClN2O/c1-22(2)14-13-21-18(23)19(15-20,16-9-5-3-6-10-16)17-11-7-4-8-12-17/h3-12H,13-15H2,1-2H3,(H,21,23). The second-order valence-corrected chi connectivity index (χ2v) is 6.10. The fraction of sp³-hybridized carbons (Fsp3) is 0.316. The first kappa shape index (κ1) is 17.5. The van der Waals surface area contributed by atoms with E-state index in [1.807, 2.05) is 79.7 Å². The summed E-state index contributed by atoms with van der Waals surface area (Å²) in [6.45, 7) is 1.37. The third-order valence-electron chi connectivity index (χ3n) is 3.97. The predicted molar refractivity (Wildman–Crippen MR) is 95.9 cm³/mol. The minimum Gasteiger partial charge on any atom is -0.354 e. The van der Waals surface area contributed by atoms with E-state index >= 15 is 0 Å². The highest BCUT2D eigenvalue weighted by atomic mass is 35.5. The lowest BCUT2D eigenvalue weighted by Gasteiger charge is -2.32. The second kappa shape index (κ2) is 8.14. The molecule has 0 radical (unpaired) electrons. The summed E-state index contributed by atoms with van der Waals surface area (Å²) in [6, 6.07) is 19.5. The van der Waals surface area contributed by atoms with Crippen LogP contribution in [0.15, 0.2) is 60.7 Å². The minimum atomic E-state index is -0.879. The number of halogens is 1. The van der Waals surface area contributed by atoms with Crippen molar-refractivity contribution in [3.8, 4) is 0 Å². The van der Waals surface area contributed by atoms with Gasteiger partial charge in [0.1, 0.15) is 5.41 Å². The molecule has 2 rings (SSSR count). The summed E-state index contributed by atoms with van der Waals surface area (Å²) < 4.78 is 0. The van der Waals surface area contributed by atoms with Gasteiger partial charge in [-0.05, 0) is 25.2 Å². The molecule has 1 amide bonds. The average Bonchev–Trinajstić information content (AvgIpc) is 2.58. The van der Waals surface area contributed by atoms with Crippen molar-refractivity contribution in [2.75, 3.05) is 33.1 Å². The van der Waals surface area contributed by atoms with Crippen LogP contribution in [0.5, 0.6) is 0 Å². The second-order valence-electron chi connectivity index (χ2n) is 5.83. The minimum absolute atomic E-state index is 0.0632. The van der Waals surface area contributed by atoms with Crippen LogP contribution in [0, 0.1) is 0 Å². The molecule has 0 fully saturated rings. The zero-order valence-electron chi connectivity index (χ0n) is 13.6. The van der Waals surface area contributed by atoms with Gasteiger partial charge < -0.3 is 10.2 Å². The Balaban J connectivity index is 2.40. The molecule has 4 heteroatoms. The lowest BCUT2D eigenvalue weighted by molar-refractivity contribution is -0.124. The van der Waals surface area contributed by atoms with E-state index in [0.717, 1.165) is 17.7 Å². The topological polar surface area (TPSA) is 32.3 Å². The molecule has 122 valence electrons. The number of nitrogens with zero attached hydrogens (tertiary/aromatic N) is 1. The van der Waals surface area contributed by atoms with Gasteiger partial charge in [0.05, 0.1) is 0 Å². The lowest BCUT2D eigenvalue weighted by atomic mass is 9.75. The Morgan fingerprint density at radius 1 is 1.00 bits per heavy atom. The van der Waals surface area contributed by atoms with Crippen LogP contribution in [0.25, 0.3) is 0 Å². The number of rotatable bonds is 7. The van der Waals surface area contributed by atoms with Gasteiger partial charge in [-0.15, -0.1) is 11.6 Å². The first-order chi connectivity index (χ1) is 11.1. The zero-order chi connectivity index (χ0) is 16.7. The number of benzene rings is 2. The summed E-state index contributed by atoms with van der Waals surface area (Å²) in [5.74, 6) is 0.126. The Bertz CT molecular complexity index is 574. The van der Waals surface area contributed by atoms with Crippen molar-refractivity contribution in [1.82, 2.24) is 10.2 Å². The van der Waals surface area contributed by atoms with Crippen LogP contribution in [0.4, 0.5) is 0 Å². The molecule has 0 unspecified atom stereocenters. The number of likely N-dealkylation sites (N-methyl/N-ethyl adjacent to an activating group) is 1. The largest absolute Gasteiger partial charge is 0.354 e. The average molecular weight is 331 g/mol. The number of carbonyl (C=O) groups is 1. The molecule has 0 heterocycles. The number of hydrogen-bond donors (Lipinski definition) is 1. The summed E-state index contributed by atoms with van der Waals surface area (Å²) in [4.78, 5) is 15.1. The molecule has 0 aliphatic rings. The Hall–Kier alpha value is -1.84. The van der Waals surface area contributed by atoms with Gasteiger partial charge in [-0.3, -0.25) is 4.79 Å². The molecule has 2 aromatic rings. The van der Waals surface area contributed by atoms with Crippen molar-refractivity contribution in [2.24, 2.45) is 0 Å². The third-order valence-corrected chi connectivity index (χ3v) is 4.37. The Morgan fingerprint density at radius 3 is 1.87 bits per heavy atom. The molecule has 0 spiro atoms. The van der Waals surface area contributed by atoms with Gasteiger partial charge in [-0.1, -0.05) is 60.7 Å². The molecule has 0 aliphatic heterocycles. The van der Waals surface area contributed by atoms with E-state index in [4.69, 9.17) is 11.6 Å². The summed E-state index contributed by atoms with van der Waals surface area (Å²) in [6.07, 6.45) is 0. The van der Waals surface area contributed by atoms with E-state index in [-0.39, 0.29) is 11.8 Å². The Morgan fingerprint density at radius 2 is 1.48 bits per heavy atom. The lowest BCUT2D eigenvalue weighted by Crippen LogP contribution is -2.48. The van der Waals surface area contributed by atoms with Crippen LogP contribution < -0.4 is 5.32 Å². The first-order valence-corrected chi connectivity index (χ1v) is 8.25. The number of hydrogen-bond acceptors (Lipinski definition) is 2. The zero-order valence-corrected chi connectivity index (χ0v) is 14.4. The van der Waals surface area contributed by atoms with Crippen molar-refractivity contribution in [1.29, 1.82) is 0 Å². The third kappa shape index (κ3) is 3.92. The van der Waals surface area contributed by atoms with Crippen LogP contribution in [-0.2, 0) is 10.2 Å². The maximum Gasteiger partial charge on any atom is 0.236 e. The van der Waals surface area contributed by atoms with Crippen LogP contribution in [0.1, 0.15) is 11.1 Å². The van der Waals surface area contributed by atoms with Gasteiger partial charge in [0, 0.05) is 19.0 Å². The van der Waals surface area contributed by atoms with E-state index < -0.39 is 5.41 Å². The van der Waals surface area contributed by atoms with E-state index in [1.165, 1.54) is 0 Å². The van der Waals surface area contributed by atoms with Crippen LogP contribution >= 0.6 is 11.6 Å². The van der Waals surface area contributed by atoms with Gasteiger partial charge in [0.25, 0.3) is 0 Å². The molecule has 0 bridgehead atoms. The quantitative estimate of drug-likeness (QED) is 0.792. The molecule has 0 saturated heterocycles. The normalized spacial score (nSPS) is 11.5. The highest BCUT2D eigenvalue weighted by molar-refractivity contribution is 6.21. The Labute approximate surface area is 143 Å². The monoisotopic (exact) mass is 330 g/mol. The van der Waals surface area contributed by atoms with Crippen molar-refractivity contribution >= 4 is 17.5 Å². The van der Waals surface area contributed by atoms with Gasteiger partial charge >= 0.3 is 0 Å². The van der Waals surface area contributed by atoms with Gasteiger partial charge in [0.15, 0.2) is 0 Å². The van der Waals surface area contributed by atoms with Crippen LogP contribution in [-0.4, -0.2) is 43.9 Å². The summed E-state index contributed by atoms with van der Waals surface area (Å²) >= 11 is 6.36. The molecular formula is C19H23ClN2O. The molecule has 0 saturated carbocycles. The van der Waals surface area contributed by atoms with Crippen molar-refractivity contribution in [3.05, 3.63) is 71.8 Å². The maximum atomic E-state index is 13.1. The maximum absolute atomic E-state index is 13.1. The van der Waals surface area contributed by atoms with Crippen molar-refractivity contribution in [3.63, 3.8) is 0 Å². The fourth-order valence-electron chi connectivity index (χ4n) is 2.63. The highest BCUT2D eigenvalue weighted by Gasteiger charge is 2.41. The molecule has 23 heavy (non-hydrogen) atoms. The number of alkyl halides is 1. The van der Waals surface area contributed by atoms with Gasteiger partial charge in [-0.2, -0.15) is 0 Å². The summed E-state index contributed by atoms with van der Waals surface area (Å²) in [5, 5.41) is 3.04. The van der Waals surface area contributed by atoms with Crippen molar-refractivity contribution < 1.29 is 4.79 Å². The van der Waals surface area contributed by atoms with E-state index in [0.29, 0.717) is 6.54 Å². The summed E-state index contributed by atoms with van der Waals surface area (Å²) in [5.41, 5.74) is 0.934. The van der Waals surface area contributed by atoms with Crippen molar-refractivity contribution in [2.45, 2.75) is 5.41 Å². The van der Waals surface area contributed by atoms with Gasteiger partial charge in [-0.25, -0.2) is 0 Å². The predicted octanol–water partition coefficient (Wildman–Crippen LogP) is 2.89. The van der Waals surface area contributed by atoms with E-state index in [1.54, 1.807) is 0 Å². The molecular weight excluding hydrogens is 308 g/mol. The molecule has 0 aliphatic carbocycles. The highest BCUT2D eigenvalue weighted by Crippen LogP contribution is 2.34. The number of nitrogens with one attached hydrogen (secondary N) is 1. The van der Waals surface area contributed by atoms with Gasteiger partial charge in [0.2, 0.25) is 5.91 Å². The van der Waals surface area contributed by atoms with Crippen LogP contribution in [0.2, 0.25) is 0 Å². The molecule has 0 aromatic heterocycles. The smallest absolute Gasteiger partial charge is 0.236 e. The summed E-state index contributed by atoms with van der Waals surface area (Å²) in [7, 11) is 3.96. The van der Waals surface area contributed by atoms with E-state index in [9.17, 15) is 4.79 Å². The fourth-order valence-corrected chi connectivity index (χ4v) is 3.06. The molecule has 1 N–H and O–H groups in total. The first-order valence-electron chi connectivity index (χ1n) is 7.71. The Kier molecular flexibility index (Phi) is 6.20. The molecule has 3 nitrogen and oxygen atoms in total. The SMILES string of the molecule is CN(C)CCNC(=O)C(CCl)(c1ccccc1)c1ccccc1. The van der Waals surface area contributed by atoms with Crippen LogP contribution in [0.3, 0.4) is 0 Å². The van der Waals surface area contributed by atoms with E-state index in [2.05, 4.69) is 5.32 Å².